The first-order valence-corrected chi connectivity index (χ1v) is 7.33. The lowest BCUT2D eigenvalue weighted by Crippen LogP contribution is -2.03. The van der Waals surface area contributed by atoms with Crippen molar-refractivity contribution in [2.45, 2.75) is 46.0 Å². The van der Waals surface area contributed by atoms with Crippen molar-refractivity contribution in [2.24, 2.45) is 5.92 Å². The van der Waals surface area contributed by atoms with Crippen LogP contribution in [0.3, 0.4) is 0 Å². The van der Waals surface area contributed by atoms with Crippen molar-refractivity contribution in [3.63, 3.8) is 0 Å². The van der Waals surface area contributed by atoms with Gasteiger partial charge in [0.15, 0.2) is 0 Å². The maximum atomic E-state index is 5.36. The topological polar surface area (TPSA) is 38.1 Å². The van der Waals surface area contributed by atoms with Gasteiger partial charge in [-0.3, -0.25) is 0 Å². The third-order valence-electron chi connectivity index (χ3n) is 3.38. The number of fused-ring (bicyclic) bond motifs is 1. The van der Waals surface area contributed by atoms with Crippen LogP contribution in [0.5, 0.6) is 0 Å². The van der Waals surface area contributed by atoms with Crippen molar-refractivity contribution in [2.75, 3.05) is 11.9 Å². The second-order valence-electron chi connectivity index (χ2n) is 5.52. The minimum absolute atomic E-state index is 0.834. The summed E-state index contributed by atoms with van der Waals surface area (Å²) in [7, 11) is 0. The Morgan fingerprint density at radius 2 is 2.00 bits per heavy atom. The van der Waals surface area contributed by atoms with Gasteiger partial charge in [0.1, 0.15) is 11.4 Å². The van der Waals surface area contributed by atoms with E-state index in [0.717, 1.165) is 29.2 Å². The highest BCUT2D eigenvalue weighted by Crippen LogP contribution is 2.21. The van der Waals surface area contributed by atoms with Crippen LogP contribution in [0.1, 0.15) is 46.0 Å². The predicted molar refractivity (Wildman–Crippen MR) is 80.4 cm³/mol. The Morgan fingerprint density at radius 1 is 1.16 bits per heavy atom. The van der Waals surface area contributed by atoms with Gasteiger partial charge < -0.3 is 9.73 Å². The average Bonchev–Trinajstić information content (AvgIpc) is 2.86. The minimum atomic E-state index is 0.834. The maximum Gasteiger partial charge on any atom is 0.139 e. The van der Waals surface area contributed by atoms with Gasteiger partial charge in [-0.1, -0.05) is 39.5 Å². The zero-order valence-corrected chi connectivity index (χ0v) is 12.0. The van der Waals surface area contributed by atoms with Gasteiger partial charge in [0.25, 0.3) is 0 Å². The fourth-order valence-corrected chi connectivity index (χ4v) is 2.27. The molecular formula is C16H24N2O. The van der Waals surface area contributed by atoms with Gasteiger partial charge in [0.05, 0.1) is 11.6 Å². The number of nitrogens with zero attached hydrogens (tertiary/aromatic N) is 1. The number of hydrogen-bond donors (Lipinski definition) is 1. The van der Waals surface area contributed by atoms with E-state index in [1.54, 1.807) is 12.5 Å². The Bertz CT molecular complexity index is 490. The van der Waals surface area contributed by atoms with Crippen LogP contribution < -0.4 is 5.32 Å². The summed E-state index contributed by atoms with van der Waals surface area (Å²) in [6.07, 6.45) is 10.0. The lowest BCUT2D eigenvalue weighted by atomic mass is 10.0. The molecule has 2 rings (SSSR count). The Hall–Kier alpha value is -1.51. The third kappa shape index (κ3) is 4.27. The molecule has 0 fully saturated rings. The first kappa shape index (κ1) is 13.9. The highest BCUT2D eigenvalue weighted by molar-refractivity contribution is 5.87. The summed E-state index contributed by atoms with van der Waals surface area (Å²) < 4.78 is 5.36. The lowest BCUT2D eigenvalue weighted by Gasteiger charge is -2.07. The molecule has 0 unspecified atom stereocenters. The van der Waals surface area contributed by atoms with E-state index in [0.29, 0.717) is 0 Å². The third-order valence-corrected chi connectivity index (χ3v) is 3.38. The van der Waals surface area contributed by atoms with E-state index in [-0.39, 0.29) is 0 Å². The molecule has 104 valence electrons. The van der Waals surface area contributed by atoms with E-state index in [1.807, 2.05) is 12.1 Å². The second kappa shape index (κ2) is 7.17. The van der Waals surface area contributed by atoms with Crippen LogP contribution in [0, 0.1) is 5.92 Å². The molecule has 2 aromatic heterocycles. The molecule has 0 saturated carbocycles. The summed E-state index contributed by atoms with van der Waals surface area (Å²) in [5.41, 5.74) is 0.898. The van der Waals surface area contributed by atoms with E-state index in [4.69, 9.17) is 4.42 Å². The van der Waals surface area contributed by atoms with Crippen molar-refractivity contribution in [3.05, 3.63) is 24.6 Å². The molecule has 0 bridgehead atoms. The van der Waals surface area contributed by atoms with Gasteiger partial charge in [-0.15, -0.1) is 0 Å². The summed E-state index contributed by atoms with van der Waals surface area (Å²) in [4.78, 5) is 4.37. The van der Waals surface area contributed by atoms with Crippen molar-refractivity contribution in [3.8, 4) is 0 Å². The van der Waals surface area contributed by atoms with Crippen LogP contribution >= 0.6 is 0 Å². The fraction of sp³-hybridized carbons (Fsp3) is 0.562. The molecule has 1 N–H and O–H groups in total. The van der Waals surface area contributed by atoms with E-state index in [2.05, 4.69) is 24.1 Å². The van der Waals surface area contributed by atoms with Crippen molar-refractivity contribution < 1.29 is 4.42 Å². The summed E-state index contributed by atoms with van der Waals surface area (Å²) in [6.45, 7) is 5.57. The summed E-state index contributed by atoms with van der Waals surface area (Å²) >= 11 is 0. The Labute approximate surface area is 115 Å². The van der Waals surface area contributed by atoms with E-state index < -0.39 is 0 Å². The molecule has 2 aromatic rings. The Morgan fingerprint density at radius 3 is 2.84 bits per heavy atom. The average molecular weight is 260 g/mol. The van der Waals surface area contributed by atoms with Gasteiger partial charge in [-0.2, -0.15) is 0 Å². The SMILES string of the molecule is CC(C)CCCCCCNc1nccc2occc12. The molecule has 3 nitrogen and oxygen atoms in total. The molecular weight excluding hydrogens is 236 g/mol. The predicted octanol–water partition coefficient (Wildman–Crippen LogP) is 4.85. The number of hydrogen-bond acceptors (Lipinski definition) is 3. The van der Waals surface area contributed by atoms with Crippen molar-refractivity contribution in [1.82, 2.24) is 4.98 Å². The zero-order chi connectivity index (χ0) is 13.5. The molecule has 0 saturated heterocycles. The number of pyridine rings is 1. The van der Waals surface area contributed by atoms with Crippen LogP contribution in [0.15, 0.2) is 29.0 Å². The molecule has 0 amide bonds. The standard InChI is InChI=1S/C16H24N2O/c1-13(2)7-5-3-4-6-10-17-16-14-9-12-19-15(14)8-11-18-16/h8-9,11-13H,3-7,10H2,1-2H3,(H,17,18). The minimum Gasteiger partial charge on any atom is -0.464 e. The van der Waals surface area contributed by atoms with E-state index >= 15 is 0 Å². The number of furan rings is 1. The molecule has 0 aliphatic heterocycles. The molecule has 0 aliphatic carbocycles. The number of nitrogens with one attached hydrogen (secondary N) is 1. The molecule has 19 heavy (non-hydrogen) atoms. The number of anilines is 1. The van der Waals surface area contributed by atoms with Gasteiger partial charge >= 0.3 is 0 Å². The first-order valence-electron chi connectivity index (χ1n) is 7.33. The monoisotopic (exact) mass is 260 g/mol. The van der Waals surface area contributed by atoms with Crippen LogP contribution in [-0.4, -0.2) is 11.5 Å². The second-order valence-corrected chi connectivity index (χ2v) is 5.52. The smallest absolute Gasteiger partial charge is 0.139 e. The van der Waals surface area contributed by atoms with E-state index in [9.17, 15) is 0 Å². The summed E-state index contributed by atoms with van der Waals surface area (Å²) in [6, 6.07) is 3.86. The molecule has 0 aliphatic rings. The number of aromatic nitrogens is 1. The van der Waals surface area contributed by atoms with Gasteiger partial charge in [-0.05, 0) is 24.5 Å². The molecule has 3 heteroatoms. The molecule has 0 atom stereocenters. The van der Waals surface area contributed by atoms with Gasteiger partial charge in [-0.25, -0.2) is 4.98 Å². The van der Waals surface area contributed by atoms with Crippen molar-refractivity contribution in [1.29, 1.82) is 0 Å². The summed E-state index contributed by atoms with van der Waals surface area (Å²) in [5, 5.41) is 4.47. The lowest BCUT2D eigenvalue weighted by molar-refractivity contribution is 0.523. The maximum absolute atomic E-state index is 5.36. The summed E-state index contributed by atoms with van der Waals surface area (Å²) in [5.74, 6) is 1.77. The molecule has 0 radical (unpaired) electrons. The highest BCUT2D eigenvalue weighted by Gasteiger charge is 2.03. The van der Waals surface area contributed by atoms with Crippen LogP contribution in [-0.2, 0) is 0 Å². The van der Waals surface area contributed by atoms with Crippen molar-refractivity contribution >= 4 is 16.8 Å². The number of unbranched alkanes of at least 4 members (excludes halogenated alkanes) is 3. The van der Waals surface area contributed by atoms with Crippen LogP contribution in [0.2, 0.25) is 0 Å². The van der Waals surface area contributed by atoms with Gasteiger partial charge in [0, 0.05) is 12.7 Å². The van der Waals surface area contributed by atoms with Gasteiger partial charge in [0.2, 0.25) is 0 Å². The zero-order valence-electron chi connectivity index (χ0n) is 12.0. The molecule has 0 spiro atoms. The quantitative estimate of drug-likeness (QED) is 0.690. The first-order chi connectivity index (χ1) is 9.27. The van der Waals surface area contributed by atoms with E-state index in [1.165, 1.54) is 32.1 Å². The van der Waals surface area contributed by atoms with Crippen LogP contribution in [0.25, 0.3) is 11.0 Å². The highest BCUT2D eigenvalue weighted by atomic mass is 16.3. The largest absolute Gasteiger partial charge is 0.464 e. The fourth-order valence-electron chi connectivity index (χ4n) is 2.27. The molecule has 0 aromatic carbocycles. The Kier molecular flexibility index (Phi) is 5.25. The van der Waals surface area contributed by atoms with Crippen LogP contribution in [0.4, 0.5) is 5.82 Å². The molecule has 2 heterocycles. The normalized spacial score (nSPS) is 11.3. The Balaban J connectivity index is 1.67. The number of rotatable bonds is 8.